The molecule has 1 aliphatic heterocycles. The quantitative estimate of drug-likeness (QED) is 0.0929. The fourth-order valence-electron chi connectivity index (χ4n) is 5.16. The van der Waals surface area contributed by atoms with Crippen molar-refractivity contribution in [3.63, 3.8) is 0 Å². The summed E-state index contributed by atoms with van der Waals surface area (Å²) in [6, 6.07) is 24.1. The number of non-ortho nitro benzene ring substituents is 1. The molecule has 0 bridgehead atoms. The zero-order valence-electron chi connectivity index (χ0n) is 24.3. The molecule has 3 aromatic heterocycles. The van der Waals surface area contributed by atoms with Gasteiger partial charge in [-0.1, -0.05) is 69.7 Å². The molecule has 0 saturated heterocycles. The van der Waals surface area contributed by atoms with Crippen molar-refractivity contribution >= 4 is 84.0 Å². The maximum Gasteiger partial charge on any atom is 0.338 e. The number of furan rings is 1. The zero-order chi connectivity index (χ0) is 32.7. The molecule has 0 N–H and O–H groups in total. The first-order valence-electron chi connectivity index (χ1n) is 14.2. The van der Waals surface area contributed by atoms with E-state index < -0.39 is 16.9 Å². The van der Waals surface area contributed by atoms with Gasteiger partial charge in [-0.15, -0.1) is 11.3 Å². The molecule has 0 radical (unpaired) electrons. The molecule has 7 rings (SSSR count). The molecule has 234 valence electrons. The Labute approximate surface area is 286 Å². The largest absolute Gasteiger partial charge is 0.463 e. The summed E-state index contributed by atoms with van der Waals surface area (Å²) < 4.78 is 15.6. The molecule has 4 heterocycles. The number of fused-ring (bicyclic) bond motifs is 2. The van der Waals surface area contributed by atoms with Gasteiger partial charge >= 0.3 is 5.97 Å². The monoisotopic (exact) mass is 744 g/mol. The van der Waals surface area contributed by atoms with Crippen LogP contribution in [-0.4, -0.2) is 27.1 Å². The number of nitro groups is 1. The highest BCUT2D eigenvalue weighted by Crippen LogP contribution is 2.37. The maximum absolute atomic E-state index is 14.1. The molecule has 0 spiro atoms. The molecule has 0 amide bonds. The van der Waals surface area contributed by atoms with Crippen LogP contribution in [-0.2, 0) is 9.53 Å². The Kier molecular flexibility index (Phi) is 8.49. The van der Waals surface area contributed by atoms with Gasteiger partial charge in [-0.3, -0.25) is 19.5 Å². The number of nitrogens with zero attached hydrogens (tertiary/aromatic N) is 4. The van der Waals surface area contributed by atoms with Gasteiger partial charge in [0.05, 0.1) is 43.6 Å². The summed E-state index contributed by atoms with van der Waals surface area (Å²) in [4.78, 5) is 48.3. The van der Waals surface area contributed by atoms with Crippen LogP contribution in [0.5, 0.6) is 0 Å². The van der Waals surface area contributed by atoms with Gasteiger partial charge in [0.15, 0.2) is 14.2 Å². The van der Waals surface area contributed by atoms with Crippen LogP contribution in [0.15, 0.2) is 119 Å². The first kappa shape index (κ1) is 31.0. The van der Waals surface area contributed by atoms with Crippen molar-refractivity contribution in [3.05, 3.63) is 142 Å². The Balaban J connectivity index is 1.31. The molecular formula is C33H21BrN4O6S3. The van der Waals surface area contributed by atoms with Crippen LogP contribution in [0.3, 0.4) is 0 Å². The third-order valence-corrected chi connectivity index (χ3v) is 10.6. The zero-order valence-corrected chi connectivity index (χ0v) is 28.3. The van der Waals surface area contributed by atoms with Gasteiger partial charge in [0.25, 0.3) is 11.2 Å². The lowest BCUT2D eigenvalue weighted by molar-refractivity contribution is -0.384. The average molecular weight is 746 g/mol. The summed E-state index contributed by atoms with van der Waals surface area (Å²) >= 11 is 7.35. The Morgan fingerprint density at radius 2 is 1.94 bits per heavy atom. The standard InChI is InChI=1S/C33H21BrN4O6S3/c1-2-43-31(40)27-28(18-7-4-3-5-8-18)36-32-37(29(27)19-9-6-10-20(34)15-19)30(39)25(45-32)17-22-12-14-26(44-22)47-33-35-23-13-11-21(38(41)42)16-24(23)46-33/h3-17,29H,2H2,1H3/b25-17-/t29-/m1/s1. The number of ether oxygens (including phenoxy) is 1. The van der Waals surface area contributed by atoms with Crippen molar-refractivity contribution in [2.45, 2.75) is 22.4 Å². The van der Waals surface area contributed by atoms with Crippen LogP contribution < -0.4 is 14.9 Å². The molecule has 0 saturated carbocycles. The van der Waals surface area contributed by atoms with E-state index in [1.807, 2.05) is 54.6 Å². The second kappa shape index (κ2) is 12.9. The van der Waals surface area contributed by atoms with E-state index in [1.54, 1.807) is 31.2 Å². The first-order chi connectivity index (χ1) is 22.8. The minimum Gasteiger partial charge on any atom is -0.463 e. The number of halogens is 1. The first-order valence-corrected chi connectivity index (χ1v) is 17.4. The summed E-state index contributed by atoms with van der Waals surface area (Å²) in [5.41, 5.74) is 2.50. The van der Waals surface area contributed by atoms with E-state index >= 15 is 0 Å². The molecular weight excluding hydrogens is 724 g/mol. The molecule has 3 aromatic carbocycles. The van der Waals surface area contributed by atoms with Gasteiger partial charge in [-0.2, -0.15) is 0 Å². The molecule has 6 aromatic rings. The fourth-order valence-corrected chi connectivity index (χ4v) is 8.56. The normalized spacial score (nSPS) is 14.7. The number of benzene rings is 3. The molecule has 0 aliphatic carbocycles. The van der Waals surface area contributed by atoms with E-state index in [0.717, 1.165) is 15.6 Å². The highest BCUT2D eigenvalue weighted by Gasteiger charge is 2.35. The fraction of sp³-hybridized carbons (Fsp3) is 0.0909. The summed E-state index contributed by atoms with van der Waals surface area (Å²) in [6.45, 7) is 1.90. The summed E-state index contributed by atoms with van der Waals surface area (Å²) in [5, 5.41) is 11.7. The molecule has 1 aliphatic rings. The van der Waals surface area contributed by atoms with E-state index in [0.29, 0.717) is 40.4 Å². The van der Waals surface area contributed by atoms with Crippen molar-refractivity contribution in [2.24, 2.45) is 4.99 Å². The van der Waals surface area contributed by atoms with Gasteiger partial charge in [0, 0.05) is 28.2 Å². The lowest BCUT2D eigenvalue weighted by Gasteiger charge is -2.26. The molecule has 10 nitrogen and oxygen atoms in total. The molecule has 47 heavy (non-hydrogen) atoms. The predicted octanol–water partition coefficient (Wildman–Crippen LogP) is 6.96. The van der Waals surface area contributed by atoms with Gasteiger partial charge in [0.1, 0.15) is 5.76 Å². The van der Waals surface area contributed by atoms with Gasteiger partial charge in [0.2, 0.25) is 0 Å². The second-order valence-electron chi connectivity index (χ2n) is 10.1. The van der Waals surface area contributed by atoms with E-state index in [-0.39, 0.29) is 23.4 Å². The van der Waals surface area contributed by atoms with Crippen LogP contribution in [0.4, 0.5) is 5.69 Å². The third kappa shape index (κ3) is 6.12. The summed E-state index contributed by atoms with van der Waals surface area (Å²) in [6.07, 6.45) is 1.66. The van der Waals surface area contributed by atoms with Crippen LogP contribution in [0.1, 0.15) is 29.9 Å². The Morgan fingerprint density at radius 1 is 1.11 bits per heavy atom. The summed E-state index contributed by atoms with van der Waals surface area (Å²) in [7, 11) is 0. The van der Waals surface area contributed by atoms with E-state index in [4.69, 9.17) is 14.1 Å². The Morgan fingerprint density at radius 3 is 2.70 bits per heavy atom. The van der Waals surface area contributed by atoms with Crippen molar-refractivity contribution in [2.75, 3.05) is 6.61 Å². The molecule has 0 fully saturated rings. The van der Waals surface area contributed by atoms with Crippen molar-refractivity contribution < 1.29 is 18.9 Å². The van der Waals surface area contributed by atoms with Crippen molar-refractivity contribution in [3.8, 4) is 0 Å². The third-order valence-electron chi connectivity index (χ3n) is 7.16. The number of nitro benzene ring substituents is 1. The predicted molar refractivity (Wildman–Crippen MR) is 184 cm³/mol. The SMILES string of the molecule is CCOC(=O)C1=C(c2ccccc2)N=c2s/c(=C\c3ccc(Sc4nc5ccc([N+](=O)[O-])cc5s4)o3)c(=O)n2[C@@H]1c1cccc(Br)c1. The van der Waals surface area contributed by atoms with Gasteiger partial charge in [-0.25, -0.2) is 14.8 Å². The van der Waals surface area contributed by atoms with E-state index in [1.165, 1.54) is 51.1 Å². The van der Waals surface area contributed by atoms with Crippen molar-refractivity contribution in [1.29, 1.82) is 0 Å². The number of hydrogen-bond acceptors (Lipinski definition) is 11. The smallest absolute Gasteiger partial charge is 0.338 e. The number of carbonyl (C=O) groups is 1. The lowest BCUT2D eigenvalue weighted by Crippen LogP contribution is -2.40. The minimum atomic E-state index is -0.794. The van der Waals surface area contributed by atoms with Gasteiger partial charge in [-0.05, 0) is 54.6 Å². The van der Waals surface area contributed by atoms with Gasteiger partial charge < -0.3 is 9.15 Å². The topological polar surface area (TPSA) is 130 Å². The van der Waals surface area contributed by atoms with Crippen LogP contribution in [0.25, 0.3) is 22.0 Å². The van der Waals surface area contributed by atoms with Crippen LogP contribution >= 0.6 is 50.4 Å². The molecule has 1 atom stereocenters. The minimum absolute atomic E-state index is 0.00635. The summed E-state index contributed by atoms with van der Waals surface area (Å²) in [5.74, 6) is -0.104. The average Bonchev–Trinajstić information content (AvgIpc) is 3.77. The van der Waals surface area contributed by atoms with E-state index in [2.05, 4.69) is 20.9 Å². The maximum atomic E-state index is 14.1. The molecule has 0 unspecified atom stereocenters. The lowest BCUT2D eigenvalue weighted by atomic mass is 9.93. The number of hydrogen-bond donors (Lipinski definition) is 0. The van der Waals surface area contributed by atoms with Crippen molar-refractivity contribution in [1.82, 2.24) is 9.55 Å². The number of rotatable bonds is 8. The highest BCUT2D eigenvalue weighted by molar-refractivity contribution is 9.10. The number of aromatic nitrogens is 2. The number of carbonyl (C=O) groups excluding carboxylic acids is 1. The van der Waals surface area contributed by atoms with Crippen LogP contribution in [0.2, 0.25) is 0 Å². The van der Waals surface area contributed by atoms with E-state index in [9.17, 15) is 19.7 Å². The number of esters is 1. The number of thiazole rings is 2. The Hall–Kier alpha value is -4.63. The molecule has 14 heteroatoms. The van der Waals surface area contributed by atoms with Crippen LogP contribution in [0, 0.1) is 10.1 Å². The Bertz CT molecular complexity index is 2410. The highest BCUT2D eigenvalue weighted by atomic mass is 79.9. The second-order valence-corrected chi connectivity index (χ2v) is 14.3.